The molecule has 0 heterocycles. The van der Waals surface area contributed by atoms with E-state index in [9.17, 15) is 0 Å². The second kappa shape index (κ2) is 3.37. The van der Waals surface area contributed by atoms with Crippen LogP contribution in [0, 0.1) is 12.3 Å². The van der Waals surface area contributed by atoms with E-state index in [0.717, 1.165) is 5.92 Å². The SMILES string of the molecule is CC(C)CC1=C[CH]c2ccccc21. The monoisotopic (exact) mass is 171 g/mol. The summed E-state index contributed by atoms with van der Waals surface area (Å²) in [7, 11) is 0. The molecule has 1 aliphatic carbocycles. The Morgan fingerprint density at radius 1 is 1.15 bits per heavy atom. The van der Waals surface area contributed by atoms with Crippen molar-refractivity contribution in [2.75, 3.05) is 0 Å². The van der Waals surface area contributed by atoms with Crippen LogP contribution in [-0.4, -0.2) is 0 Å². The third-order valence-electron chi connectivity index (χ3n) is 2.40. The smallest absolute Gasteiger partial charge is 0.0134 e. The van der Waals surface area contributed by atoms with E-state index in [-0.39, 0.29) is 0 Å². The van der Waals surface area contributed by atoms with Gasteiger partial charge in [-0.3, -0.25) is 0 Å². The topological polar surface area (TPSA) is 0 Å². The zero-order valence-corrected chi connectivity index (χ0v) is 8.25. The number of rotatable bonds is 2. The van der Waals surface area contributed by atoms with E-state index in [0.29, 0.717) is 0 Å². The van der Waals surface area contributed by atoms with E-state index in [2.05, 4.69) is 50.6 Å². The van der Waals surface area contributed by atoms with Gasteiger partial charge in [-0.25, -0.2) is 0 Å². The Balaban J connectivity index is 2.26. The lowest BCUT2D eigenvalue weighted by Gasteiger charge is -2.07. The Morgan fingerprint density at radius 2 is 1.92 bits per heavy atom. The van der Waals surface area contributed by atoms with Gasteiger partial charge in [0, 0.05) is 6.42 Å². The van der Waals surface area contributed by atoms with Crippen molar-refractivity contribution in [2.24, 2.45) is 5.92 Å². The van der Waals surface area contributed by atoms with E-state index >= 15 is 0 Å². The average molecular weight is 171 g/mol. The highest BCUT2D eigenvalue weighted by molar-refractivity contribution is 5.76. The summed E-state index contributed by atoms with van der Waals surface area (Å²) in [5.41, 5.74) is 4.29. The van der Waals surface area contributed by atoms with Crippen molar-refractivity contribution in [1.82, 2.24) is 0 Å². The first-order chi connectivity index (χ1) is 6.27. The highest BCUT2D eigenvalue weighted by Crippen LogP contribution is 2.32. The molecule has 2 rings (SSSR count). The zero-order valence-electron chi connectivity index (χ0n) is 8.25. The van der Waals surface area contributed by atoms with Gasteiger partial charge in [0.15, 0.2) is 0 Å². The number of hydrogen-bond donors (Lipinski definition) is 0. The Labute approximate surface area is 80.3 Å². The summed E-state index contributed by atoms with van der Waals surface area (Å²) < 4.78 is 0. The quantitative estimate of drug-likeness (QED) is 0.636. The zero-order chi connectivity index (χ0) is 9.26. The second-order valence-electron chi connectivity index (χ2n) is 4.04. The van der Waals surface area contributed by atoms with Crippen LogP contribution in [0.5, 0.6) is 0 Å². The first-order valence-electron chi connectivity index (χ1n) is 4.90. The maximum atomic E-state index is 2.27. The van der Waals surface area contributed by atoms with Gasteiger partial charge >= 0.3 is 0 Å². The molecule has 13 heavy (non-hydrogen) atoms. The van der Waals surface area contributed by atoms with E-state index in [4.69, 9.17) is 0 Å². The van der Waals surface area contributed by atoms with Gasteiger partial charge in [0.25, 0.3) is 0 Å². The summed E-state index contributed by atoms with van der Waals surface area (Å²) in [5.74, 6) is 0.741. The molecular weight excluding hydrogens is 156 g/mol. The number of hydrogen-bond acceptors (Lipinski definition) is 0. The van der Waals surface area contributed by atoms with E-state index in [1.54, 1.807) is 0 Å². The van der Waals surface area contributed by atoms with Gasteiger partial charge in [0.2, 0.25) is 0 Å². The van der Waals surface area contributed by atoms with E-state index in [1.807, 2.05) is 0 Å². The summed E-state index contributed by atoms with van der Waals surface area (Å²) in [4.78, 5) is 0. The lowest BCUT2D eigenvalue weighted by Crippen LogP contribution is -1.89. The normalized spacial score (nSPS) is 14.5. The van der Waals surface area contributed by atoms with Crippen LogP contribution in [0.15, 0.2) is 30.3 Å². The summed E-state index contributed by atoms with van der Waals surface area (Å²) in [6.07, 6.45) is 5.66. The van der Waals surface area contributed by atoms with Crippen LogP contribution in [0.3, 0.4) is 0 Å². The van der Waals surface area contributed by atoms with Crippen molar-refractivity contribution < 1.29 is 0 Å². The summed E-state index contributed by atoms with van der Waals surface area (Å²) in [5, 5.41) is 0. The minimum atomic E-state index is 0.741. The number of allylic oxidation sites excluding steroid dienone is 2. The molecule has 1 aromatic carbocycles. The van der Waals surface area contributed by atoms with Crippen LogP contribution in [0.1, 0.15) is 31.4 Å². The molecule has 0 spiro atoms. The summed E-state index contributed by atoms with van der Waals surface area (Å²) >= 11 is 0. The van der Waals surface area contributed by atoms with Gasteiger partial charge in [-0.2, -0.15) is 0 Å². The number of fused-ring (bicyclic) bond motifs is 1. The Kier molecular flexibility index (Phi) is 2.22. The molecule has 67 valence electrons. The molecular formula is C13H15. The first-order valence-corrected chi connectivity index (χ1v) is 4.90. The van der Waals surface area contributed by atoms with Gasteiger partial charge in [-0.05, 0) is 29.0 Å². The molecule has 1 aliphatic rings. The molecule has 0 saturated carbocycles. The molecule has 1 aromatic rings. The van der Waals surface area contributed by atoms with Crippen molar-refractivity contribution >= 4 is 5.57 Å². The van der Waals surface area contributed by atoms with Crippen molar-refractivity contribution in [3.63, 3.8) is 0 Å². The summed E-state index contributed by atoms with van der Waals surface area (Å²) in [6, 6.07) is 8.61. The third-order valence-corrected chi connectivity index (χ3v) is 2.40. The summed E-state index contributed by atoms with van der Waals surface area (Å²) in [6.45, 7) is 4.53. The van der Waals surface area contributed by atoms with Crippen molar-refractivity contribution in [1.29, 1.82) is 0 Å². The third kappa shape index (κ3) is 1.67. The predicted octanol–water partition coefficient (Wildman–Crippen LogP) is 3.68. The fourth-order valence-corrected chi connectivity index (χ4v) is 1.83. The van der Waals surface area contributed by atoms with Gasteiger partial charge in [-0.1, -0.05) is 44.2 Å². The molecule has 0 fully saturated rings. The first kappa shape index (κ1) is 8.55. The molecule has 1 radical (unpaired) electrons. The largest absolute Gasteiger partial charge is 0.0722 e. The highest BCUT2D eigenvalue weighted by Gasteiger charge is 2.13. The number of benzene rings is 1. The van der Waals surface area contributed by atoms with Gasteiger partial charge in [0.05, 0.1) is 0 Å². The standard InChI is InChI=1S/C13H15/c1-10(2)9-12-8-7-11-5-3-4-6-13(11)12/h3-8,10H,9H2,1-2H3. The minimum Gasteiger partial charge on any atom is -0.0722 e. The maximum Gasteiger partial charge on any atom is 0.0134 e. The van der Waals surface area contributed by atoms with E-state index in [1.165, 1.54) is 23.1 Å². The molecule has 0 N–H and O–H groups in total. The van der Waals surface area contributed by atoms with Crippen LogP contribution < -0.4 is 0 Å². The molecule has 0 heteroatoms. The molecule has 0 nitrogen and oxygen atoms in total. The molecule has 0 amide bonds. The molecule has 0 unspecified atom stereocenters. The van der Waals surface area contributed by atoms with Crippen LogP contribution in [-0.2, 0) is 0 Å². The average Bonchev–Trinajstić information content (AvgIpc) is 2.48. The predicted molar refractivity (Wildman–Crippen MR) is 57.3 cm³/mol. The molecule has 0 aromatic heterocycles. The molecule has 0 bridgehead atoms. The maximum absolute atomic E-state index is 2.27. The Hall–Kier alpha value is -1.04. The van der Waals surface area contributed by atoms with Gasteiger partial charge in [0.1, 0.15) is 0 Å². The van der Waals surface area contributed by atoms with Crippen LogP contribution in [0.4, 0.5) is 0 Å². The lowest BCUT2D eigenvalue weighted by atomic mass is 9.98. The molecule has 0 atom stereocenters. The fraction of sp³-hybridized carbons (Fsp3) is 0.308. The lowest BCUT2D eigenvalue weighted by molar-refractivity contribution is 0.674. The van der Waals surface area contributed by atoms with Gasteiger partial charge < -0.3 is 0 Å². The van der Waals surface area contributed by atoms with Crippen LogP contribution >= 0.6 is 0 Å². The second-order valence-corrected chi connectivity index (χ2v) is 4.04. The Morgan fingerprint density at radius 3 is 2.69 bits per heavy atom. The van der Waals surface area contributed by atoms with Crippen molar-refractivity contribution in [3.05, 3.63) is 47.9 Å². The fourth-order valence-electron chi connectivity index (χ4n) is 1.83. The highest BCUT2D eigenvalue weighted by atomic mass is 14.2. The minimum absolute atomic E-state index is 0.741. The van der Waals surface area contributed by atoms with Crippen molar-refractivity contribution in [3.8, 4) is 0 Å². The van der Waals surface area contributed by atoms with E-state index < -0.39 is 0 Å². The Bertz CT molecular complexity index is 332. The molecule has 0 aliphatic heterocycles. The molecule has 0 saturated heterocycles. The van der Waals surface area contributed by atoms with Crippen LogP contribution in [0.25, 0.3) is 5.57 Å². The van der Waals surface area contributed by atoms with Crippen molar-refractivity contribution in [2.45, 2.75) is 20.3 Å². The van der Waals surface area contributed by atoms with Crippen LogP contribution in [0.2, 0.25) is 0 Å². The van der Waals surface area contributed by atoms with Gasteiger partial charge in [-0.15, -0.1) is 0 Å².